The van der Waals surface area contributed by atoms with Crippen molar-refractivity contribution >= 4 is 35.4 Å². The van der Waals surface area contributed by atoms with Crippen LogP contribution in [0.15, 0.2) is 36.7 Å². The Bertz CT molecular complexity index is 730. The van der Waals surface area contributed by atoms with E-state index in [-0.39, 0.29) is 5.96 Å². The lowest BCUT2D eigenvalue weighted by Crippen LogP contribution is -2.48. The minimum atomic E-state index is -1.08. The van der Waals surface area contributed by atoms with Gasteiger partial charge in [0.25, 0.3) is 0 Å². The minimum Gasteiger partial charge on any atom is -0.360 e. The summed E-state index contributed by atoms with van der Waals surface area (Å²) in [5.74, 6) is 0.0378. The molecule has 0 aliphatic rings. The molecule has 0 aliphatic carbocycles. The summed E-state index contributed by atoms with van der Waals surface area (Å²) in [6.07, 6.45) is 3.99. The van der Waals surface area contributed by atoms with Crippen molar-refractivity contribution in [1.82, 2.24) is 15.6 Å². The van der Waals surface area contributed by atoms with E-state index in [4.69, 9.17) is 28.6 Å². The number of benzene rings is 1. The fourth-order valence-electron chi connectivity index (χ4n) is 2.09. The molecule has 120 valence electrons. The van der Waals surface area contributed by atoms with E-state index in [1.54, 1.807) is 44.6 Å². The zero-order valence-corrected chi connectivity index (χ0v) is 14.2. The molecule has 0 bridgehead atoms. The van der Waals surface area contributed by atoms with Crippen LogP contribution in [0.3, 0.4) is 0 Å². The third-order valence-corrected chi connectivity index (χ3v) is 3.84. The Hall–Kier alpha value is -2.11. The highest BCUT2D eigenvalue weighted by Gasteiger charge is 2.27. The molecule has 0 radical (unpaired) electrons. The molecule has 1 atom stereocenters. The Morgan fingerprint density at radius 3 is 2.39 bits per heavy atom. The summed E-state index contributed by atoms with van der Waals surface area (Å²) >= 11 is 12.1. The molecule has 7 heteroatoms. The van der Waals surface area contributed by atoms with Crippen LogP contribution in [0, 0.1) is 5.41 Å². The second kappa shape index (κ2) is 6.98. The van der Waals surface area contributed by atoms with E-state index in [0.717, 1.165) is 17.4 Å². The van der Waals surface area contributed by atoms with Gasteiger partial charge in [0.05, 0.1) is 0 Å². The highest BCUT2D eigenvalue weighted by molar-refractivity contribution is 6.35. The van der Waals surface area contributed by atoms with Crippen LogP contribution >= 0.6 is 23.2 Å². The lowest BCUT2D eigenvalue weighted by Gasteiger charge is -2.26. The molecule has 3 N–H and O–H groups in total. The van der Waals surface area contributed by atoms with E-state index in [2.05, 4.69) is 15.6 Å². The second-order valence-electron chi connectivity index (χ2n) is 5.19. The van der Waals surface area contributed by atoms with Gasteiger partial charge in [-0.2, -0.15) is 0 Å². The predicted molar refractivity (Wildman–Crippen MR) is 93.0 cm³/mol. The molecular formula is C16H16Cl2N4O. The van der Waals surface area contributed by atoms with Crippen molar-refractivity contribution < 1.29 is 4.79 Å². The average Bonchev–Trinajstić information content (AvgIpc) is 2.53. The minimum absolute atomic E-state index is 0.0378. The number of nitrogens with zero attached hydrogens (tertiary/aromatic N) is 1. The quantitative estimate of drug-likeness (QED) is 0.449. The monoisotopic (exact) mass is 350 g/mol. The van der Waals surface area contributed by atoms with E-state index < -0.39 is 5.54 Å². The number of aldehydes is 1. The van der Waals surface area contributed by atoms with Crippen molar-refractivity contribution in [3.05, 3.63) is 52.3 Å². The van der Waals surface area contributed by atoms with Gasteiger partial charge in [0.2, 0.25) is 0 Å². The third kappa shape index (κ3) is 4.00. The molecule has 2 aromatic rings. The van der Waals surface area contributed by atoms with Gasteiger partial charge in [-0.15, -0.1) is 0 Å². The number of rotatable bonds is 4. The molecule has 2 rings (SSSR count). The predicted octanol–water partition coefficient (Wildman–Crippen LogP) is 3.21. The smallest absolute Gasteiger partial charge is 0.189 e. The lowest BCUT2D eigenvalue weighted by atomic mass is 9.93. The molecule has 0 saturated carbocycles. The maximum absolute atomic E-state index is 11.6. The highest BCUT2D eigenvalue weighted by atomic mass is 35.5. The van der Waals surface area contributed by atoms with Crippen molar-refractivity contribution in [2.75, 3.05) is 7.05 Å². The first-order valence-corrected chi connectivity index (χ1v) is 7.56. The summed E-state index contributed by atoms with van der Waals surface area (Å²) in [5.41, 5.74) is 1.12. The van der Waals surface area contributed by atoms with Crippen LogP contribution in [0.1, 0.15) is 12.5 Å². The molecule has 0 amide bonds. The lowest BCUT2D eigenvalue weighted by molar-refractivity contribution is -0.112. The van der Waals surface area contributed by atoms with Crippen LogP contribution in [0.2, 0.25) is 10.0 Å². The molecule has 0 aliphatic heterocycles. The van der Waals surface area contributed by atoms with Gasteiger partial charge < -0.3 is 15.4 Å². The number of guanidine groups is 1. The first kappa shape index (κ1) is 17.2. The van der Waals surface area contributed by atoms with Crippen molar-refractivity contribution in [2.24, 2.45) is 0 Å². The van der Waals surface area contributed by atoms with Gasteiger partial charge in [0.15, 0.2) is 5.96 Å². The summed E-state index contributed by atoms with van der Waals surface area (Å²) in [4.78, 5) is 15.8. The van der Waals surface area contributed by atoms with Crippen LogP contribution in [0.25, 0.3) is 11.1 Å². The van der Waals surface area contributed by atoms with E-state index in [1.165, 1.54) is 0 Å². The van der Waals surface area contributed by atoms with Crippen LogP contribution < -0.4 is 10.6 Å². The number of hydrogen-bond acceptors (Lipinski definition) is 3. The number of aromatic nitrogens is 1. The van der Waals surface area contributed by atoms with Crippen molar-refractivity contribution in [1.29, 1.82) is 5.41 Å². The van der Waals surface area contributed by atoms with Crippen molar-refractivity contribution in [2.45, 2.75) is 12.5 Å². The number of hydrogen-bond donors (Lipinski definition) is 3. The molecule has 1 aromatic carbocycles. The number of carbonyl (C=O) groups is 1. The standard InChI is InChI=1S/C16H16Cl2N4O/c1-16(9-23,22-15(19)20-2)12-3-11(7-21-8-12)10-4-13(17)6-14(18)5-10/h3-9H,1-2H3,(H3,19,20,22). The molecule has 1 heterocycles. The first-order chi connectivity index (χ1) is 10.9. The van der Waals surface area contributed by atoms with Gasteiger partial charge in [-0.25, -0.2) is 0 Å². The van der Waals surface area contributed by atoms with E-state index in [0.29, 0.717) is 15.6 Å². The fraction of sp³-hybridized carbons (Fsp3) is 0.188. The fourth-order valence-corrected chi connectivity index (χ4v) is 2.62. The van der Waals surface area contributed by atoms with Gasteiger partial charge in [0.1, 0.15) is 11.8 Å². The number of carbonyl (C=O) groups excluding carboxylic acids is 1. The van der Waals surface area contributed by atoms with Gasteiger partial charge >= 0.3 is 0 Å². The molecule has 5 nitrogen and oxygen atoms in total. The van der Waals surface area contributed by atoms with Crippen LogP contribution in [0.4, 0.5) is 0 Å². The normalized spacial score (nSPS) is 13.0. The van der Waals surface area contributed by atoms with Crippen LogP contribution in [-0.2, 0) is 10.3 Å². The Kier molecular flexibility index (Phi) is 5.23. The van der Waals surface area contributed by atoms with E-state index in [1.807, 2.05) is 6.07 Å². The maximum Gasteiger partial charge on any atom is 0.189 e. The summed E-state index contributed by atoms with van der Waals surface area (Å²) in [6, 6.07) is 7.01. The first-order valence-electron chi connectivity index (χ1n) is 6.81. The highest BCUT2D eigenvalue weighted by Crippen LogP contribution is 2.29. The summed E-state index contributed by atoms with van der Waals surface area (Å²) in [7, 11) is 1.60. The number of halogens is 2. The Morgan fingerprint density at radius 2 is 1.83 bits per heavy atom. The zero-order valence-electron chi connectivity index (χ0n) is 12.7. The van der Waals surface area contributed by atoms with Crippen LogP contribution in [0.5, 0.6) is 0 Å². The summed E-state index contributed by atoms with van der Waals surface area (Å²) in [6.45, 7) is 1.68. The molecule has 23 heavy (non-hydrogen) atoms. The topological polar surface area (TPSA) is 77.9 Å². The number of pyridine rings is 1. The Morgan fingerprint density at radius 1 is 1.17 bits per heavy atom. The van der Waals surface area contributed by atoms with E-state index in [9.17, 15) is 4.79 Å². The largest absolute Gasteiger partial charge is 0.360 e. The van der Waals surface area contributed by atoms with Gasteiger partial charge in [-0.05, 0) is 36.8 Å². The molecule has 0 spiro atoms. The molecule has 0 fully saturated rings. The SMILES string of the molecule is CNC(=N)NC(C)(C=O)c1cncc(-c2cc(Cl)cc(Cl)c2)c1. The second-order valence-corrected chi connectivity index (χ2v) is 6.06. The molecular weight excluding hydrogens is 335 g/mol. The molecule has 0 saturated heterocycles. The van der Waals surface area contributed by atoms with E-state index >= 15 is 0 Å². The van der Waals surface area contributed by atoms with Crippen molar-refractivity contribution in [3.63, 3.8) is 0 Å². The third-order valence-electron chi connectivity index (χ3n) is 3.40. The number of nitrogens with one attached hydrogen (secondary N) is 3. The Labute approximate surface area is 144 Å². The maximum atomic E-state index is 11.6. The van der Waals surface area contributed by atoms with Gasteiger partial charge in [0, 0.05) is 40.6 Å². The summed E-state index contributed by atoms with van der Waals surface area (Å²) in [5, 5.41) is 14.2. The molecule has 1 aromatic heterocycles. The van der Waals surface area contributed by atoms with Gasteiger partial charge in [-0.1, -0.05) is 23.2 Å². The zero-order chi connectivity index (χ0) is 17.0. The van der Waals surface area contributed by atoms with Crippen molar-refractivity contribution in [3.8, 4) is 11.1 Å². The average molecular weight is 351 g/mol. The summed E-state index contributed by atoms with van der Waals surface area (Å²) < 4.78 is 0. The molecule has 1 unspecified atom stereocenters. The Balaban J connectivity index is 2.46. The van der Waals surface area contributed by atoms with Crippen LogP contribution in [-0.4, -0.2) is 24.3 Å². The van der Waals surface area contributed by atoms with Gasteiger partial charge in [-0.3, -0.25) is 10.4 Å².